The molecule has 2 heterocycles. The van der Waals surface area contributed by atoms with Crippen molar-refractivity contribution < 1.29 is 9.59 Å². The van der Waals surface area contributed by atoms with Gasteiger partial charge in [0.15, 0.2) is 0 Å². The zero-order chi connectivity index (χ0) is 24.2. The van der Waals surface area contributed by atoms with Crippen LogP contribution in [0.15, 0.2) is 79.0 Å². The molecule has 0 radical (unpaired) electrons. The molecule has 0 aliphatic carbocycles. The Balaban J connectivity index is 1.80. The summed E-state index contributed by atoms with van der Waals surface area (Å²) >= 11 is 12.7. The molecule has 0 fully saturated rings. The molecule has 4 rings (SSSR count). The van der Waals surface area contributed by atoms with Gasteiger partial charge in [-0.15, -0.1) is 0 Å². The predicted molar refractivity (Wildman–Crippen MR) is 134 cm³/mol. The summed E-state index contributed by atoms with van der Waals surface area (Å²) in [5.74, 6) is -0.988. The van der Waals surface area contributed by atoms with Crippen LogP contribution in [0.25, 0.3) is 11.3 Å². The van der Waals surface area contributed by atoms with E-state index >= 15 is 0 Å². The van der Waals surface area contributed by atoms with Crippen molar-refractivity contribution in [1.29, 1.82) is 0 Å². The molecule has 0 unspecified atom stereocenters. The number of aromatic nitrogens is 2. The number of aryl methyl sites for hydroxylation is 1. The lowest BCUT2D eigenvalue weighted by atomic mass is 10.1. The summed E-state index contributed by atoms with van der Waals surface area (Å²) in [5.41, 5.74) is 9.33. The Morgan fingerprint density at radius 3 is 2.44 bits per heavy atom. The number of hydrogen-bond acceptors (Lipinski definition) is 4. The normalized spacial score (nSPS) is 10.7. The van der Waals surface area contributed by atoms with E-state index < -0.39 is 5.91 Å². The summed E-state index contributed by atoms with van der Waals surface area (Å²) in [6.07, 6.45) is 1.68. The van der Waals surface area contributed by atoms with Crippen LogP contribution in [0.4, 0.5) is 5.69 Å². The van der Waals surface area contributed by atoms with Gasteiger partial charge in [0.1, 0.15) is 0 Å². The fraction of sp³-hybridized carbons (Fsp3) is 0.0769. The minimum absolute atomic E-state index is 0.109. The highest BCUT2D eigenvalue weighted by Gasteiger charge is 2.22. The molecular weight excluding hydrogens is 471 g/mol. The van der Waals surface area contributed by atoms with Gasteiger partial charge < -0.3 is 10.6 Å². The Kier molecular flexibility index (Phi) is 6.91. The largest absolute Gasteiger partial charge is 0.366 e. The number of carbonyl (C=O) groups is 2. The third-order valence-corrected chi connectivity index (χ3v) is 5.84. The SMILES string of the molecule is Cc1cccc(CN(C(=O)c2ccc(C(N)=O)c(Cl)c2)c2ccc(Cl)c(-c3ccccn3)c2)n1. The number of pyridine rings is 2. The molecule has 8 heteroatoms. The number of benzene rings is 2. The van der Waals surface area contributed by atoms with Crippen LogP contribution in [0.3, 0.4) is 0 Å². The van der Waals surface area contributed by atoms with Crippen molar-refractivity contribution in [2.45, 2.75) is 13.5 Å². The van der Waals surface area contributed by atoms with E-state index in [4.69, 9.17) is 28.9 Å². The van der Waals surface area contributed by atoms with Gasteiger partial charge in [-0.2, -0.15) is 0 Å². The Hall–Kier alpha value is -3.74. The molecule has 2 amide bonds. The van der Waals surface area contributed by atoms with E-state index in [1.54, 1.807) is 23.2 Å². The Labute approximate surface area is 207 Å². The highest BCUT2D eigenvalue weighted by molar-refractivity contribution is 6.34. The van der Waals surface area contributed by atoms with Gasteiger partial charge in [0.25, 0.3) is 5.91 Å². The van der Waals surface area contributed by atoms with Gasteiger partial charge in [0, 0.05) is 28.7 Å². The van der Waals surface area contributed by atoms with Crippen molar-refractivity contribution in [2.24, 2.45) is 5.73 Å². The van der Waals surface area contributed by atoms with Crippen LogP contribution in [0.5, 0.6) is 0 Å². The zero-order valence-electron chi connectivity index (χ0n) is 18.2. The van der Waals surface area contributed by atoms with E-state index in [0.717, 1.165) is 5.69 Å². The zero-order valence-corrected chi connectivity index (χ0v) is 19.7. The summed E-state index contributed by atoms with van der Waals surface area (Å²) in [6.45, 7) is 2.10. The predicted octanol–water partition coefficient (Wildman–Crippen LogP) is 5.70. The third kappa shape index (κ3) is 5.09. The van der Waals surface area contributed by atoms with Gasteiger partial charge in [-0.05, 0) is 67.6 Å². The molecule has 0 bridgehead atoms. The lowest BCUT2D eigenvalue weighted by Gasteiger charge is -2.24. The maximum atomic E-state index is 13.7. The van der Waals surface area contributed by atoms with Crippen LogP contribution >= 0.6 is 23.2 Å². The molecule has 0 saturated heterocycles. The molecular formula is C26H20Cl2N4O2. The number of primary amides is 1. The first-order chi connectivity index (χ1) is 16.3. The lowest BCUT2D eigenvalue weighted by molar-refractivity contribution is 0.0978. The number of carbonyl (C=O) groups excluding carboxylic acids is 2. The van der Waals surface area contributed by atoms with Gasteiger partial charge in [0.05, 0.1) is 33.5 Å². The van der Waals surface area contributed by atoms with E-state index in [1.807, 2.05) is 49.4 Å². The van der Waals surface area contributed by atoms with Crippen molar-refractivity contribution in [1.82, 2.24) is 9.97 Å². The van der Waals surface area contributed by atoms with Crippen LogP contribution in [-0.4, -0.2) is 21.8 Å². The summed E-state index contributed by atoms with van der Waals surface area (Å²) in [6, 6.07) is 20.9. The Bertz CT molecular complexity index is 1380. The van der Waals surface area contributed by atoms with Crippen molar-refractivity contribution in [3.05, 3.63) is 112 Å². The molecule has 6 nitrogen and oxygen atoms in total. The number of anilines is 1. The highest BCUT2D eigenvalue weighted by atomic mass is 35.5. The van der Waals surface area contributed by atoms with Crippen molar-refractivity contribution in [3.63, 3.8) is 0 Å². The van der Waals surface area contributed by atoms with Gasteiger partial charge >= 0.3 is 0 Å². The average Bonchev–Trinajstić information content (AvgIpc) is 2.83. The summed E-state index contributed by atoms with van der Waals surface area (Å²) in [4.78, 5) is 35.7. The number of amides is 2. The minimum atomic E-state index is -0.664. The first kappa shape index (κ1) is 23.4. The highest BCUT2D eigenvalue weighted by Crippen LogP contribution is 2.32. The summed E-state index contributed by atoms with van der Waals surface area (Å²) in [7, 11) is 0. The molecule has 0 aliphatic rings. The summed E-state index contributed by atoms with van der Waals surface area (Å²) < 4.78 is 0. The molecule has 0 atom stereocenters. The van der Waals surface area contributed by atoms with Gasteiger partial charge in [-0.3, -0.25) is 19.6 Å². The fourth-order valence-corrected chi connectivity index (χ4v) is 4.02. The third-order valence-electron chi connectivity index (χ3n) is 5.20. The van der Waals surface area contributed by atoms with Crippen LogP contribution in [0.2, 0.25) is 10.0 Å². The Morgan fingerprint density at radius 2 is 1.76 bits per heavy atom. The van der Waals surface area contributed by atoms with E-state index in [-0.39, 0.29) is 23.0 Å². The smallest absolute Gasteiger partial charge is 0.258 e. The van der Waals surface area contributed by atoms with Gasteiger partial charge in [-0.1, -0.05) is 35.3 Å². The van der Waals surface area contributed by atoms with Crippen LogP contribution in [0.1, 0.15) is 32.1 Å². The number of nitrogens with two attached hydrogens (primary N) is 1. The maximum absolute atomic E-state index is 13.7. The molecule has 0 spiro atoms. The van der Waals surface area contributed by atoms with Crippen LogP contribution in [0, 0.1) is 6.92 Å². The van der Waals surface area contributed by atoms with Gasteiger partial charge in [0.2, 0.25) is 5.91 Å². The average molecular weight is 491 g/mol. The Morgan fingerprint density at radius 1 is 0.941 bits per heavy atom. The van der Waals surface area contributed by atoms with E-state index in [0.29, 0.717) is 33.2 Å². The molecule has 2 aromatic carbocycles. The van der Waals surface area contributed by atoms with Crippen molar-refractivity contribution >= 4 is 40.7 Å². The fourth-order valence-electron chi connectivity index (χ4n) is 3.53. The molecule has 2 N–H and O–H groups in total. The van der Waals surface area contributed by atoms with E-state index in [1.165, 1.54) is 18.2 Å². The molecule has 0 saturated carbocycles. The van der Waals surface area contributed by atoms with Crippen LogP contribution in [-0.2, 0) is 6.54 Å². The molecule has 2 aromatic heterocycles. The maximum Gasteiger partial charge on any atom is 0.258 e. The number of hydrogen-bond donors (Lipinski definition) is 1. The number of halogens is 2. The monoisotopic (exact) mass is 490 g/mol. The molecule has 170 valence electrons. The first-order valence-corrected chi connectivity index (χ1v) is 11.1. The lowest BCUT2D eigenvalue weighted by Crippen LogP contribution is -2.31. The second-order valence-electron chi connectivity index (χ2n) is 7.60. The molecule has 34 heavy (non-hydrogen) atoms. The van der Waals surface area contributed by atoms with Gasteiger partial charge in [-0.25, -0.2) is 0 Å². The first-order valence-electron chi connectivity index (χ1n) is 10.4. The number of nitrogens with zero attached hydrogens (tertiary/aromatic N) is 3. The molecule has 0 aliphatic heterocycles. The van der Waals surface area contributed by atoms with E-state index in [9.17, 15) is 9.59 Å². The topological polar surface area (TPSA) is 89.2 Å². The van der Waals surface area contributed by atoms with Crippen molar-refractivity contribution in [3.8, 4) is 11.3 Å². The number of rotatable bonds is 6. The standard InChI is InChI=1S/C26H20Cl2N4O2/c1-16-5-4-6-18(31-16)15-32(26(34)17-8-10-20(25(29)33)23(28)13-17)19-9-11-22(27)21(14-19)24-7-2-3-12-30-24/h2-14H,15H2,1H3,(H2,29,33). The second kappa shape index (κ2) is 10.0. The quantitative estimate of drug-likeness (QED) is 0.375. The molecule has 4 aromatic rings. The second-order valence-corrected chi connectivity index (χ2v) is 8.41. The van der Waals surface area contributed by atoms with Crippen molar-refractivity contribution in [2.75, 3.05) is 4.90 Å². The minimum Gasteiger partial charge on any atom is -0.366 e. The van der Waals surface area contributed by atoms with Crippen LogP contribution < -0.4 is 10.6 Å². The van der Waals surface area contributed by atoms with E-state index in [2.05, 4.69) is 9.97 Å². The summed E-state index contributed by atoms with van der Waals surface area (Å²) in [5, 5.41) is 0.620.